The summed E-state index contributed by atoms with van der Waals surface area (Å²) >= 11 is 0. The summed E-state index contributed by atoms with van der Waals surface area (Å²) in [5.74, 6) is -0.980. The normalized spacial score (nSPS) is 12.2. The maximum absolute atomic E-state index is 11.6. The predicted octanol–water partition coefficient (Wildman–Crippen LogP) is 1.93. The van der Waals surface area contributed by atoms with Gasteiger partial charge in [-0.25, -0.2) is 13.2 Å². The summed E-state index contributed by atoms with van der Waals surface area (Å²) in [5, 5.41) is 11.9. The summed E-state index contributed by atoms with van der Waals surface area (Å²) in [6.07, 6.45) is 1.20. The molecule has 0 unspecified atom stereocenters. The third-order valence-corrected chi connectivity index (χ3v) is 5.33. The summed E-state index contributed by atoms with van der Waals surface area (Å²) in [5.41, 5.74) is 1.72. The topological polar surface area (TPSA) is 83.5 Å². The molecule has 0 aliphatic rings. The minimum Gasteiger partial charge on any atom is -0.478 e. The van der Waals surface area contributed by atoms with Crippen molar-refractivity contribution in [3.05, 3.63) is 29.3 Å². The number of carboxylic acids is 1. The van der Waals surface area contributed by atoms with Crippen molar-refractivity contribution in [2.45, 2.75) is 25.5 Å². The van der Waals surface area contributed by atoms with Gasteiger partial charge in [-0.3, -0.25) is 0 Å². The van der Waals surface area contributed by atoms with E-state index in [9.17, 15) is 13.2 Å². The first kappa shape index (κ1) is 15.5. The van der Waals surface area contributed by atoms with Gasteiger partial charge >= 0.3 is 5.97 Å². The average Bonchev–Trinajstić information content (AvgIpc) is 2.25. The second kappa shape index (κ2) is 5.21. The van der Waals surface area contributed by atoms with Crippen molar-refractivity contribution in [2.24, 2.45) is 0 Å². The van der Waals surface area contributed by atoms with Crippen LogP contribution in [-0.2, 0) is 9.84 Å². The van der Waals surface area contributed by atoms with Gasteiger partial charge in [0.15, 0.2) is 9.84 Å². The number of anilines is 1. The molecule has 0 atom stereocenters. The molecular formula is C13H19NO4S. The Morgan fingerprint density at radius 2 is 1.95 bits per heavy atom. The fraction of sp³-hybridized carbons (Fsp3) is 0.462. The van der Waals surface area contributed by atoms with Gasteiger partial charge in [-0.1, -0.05) is 0 Å². The van der Waals surface area contributed by atoms with E-state index in [1.807, 2.05) is 0 Å². The first-order valence-electron chi connectivity index (χ1n) is 5.82. The van der Waals surface area contributed by atoms with E-state index < -0.39 is 20.6 Å². The van der Waals surface area contributed by atoms with Crippen molar-refractivity contribution in [1.29, 1.82) is 0 Å². The minimum atomic E-state index is -3.16. The van der Waals surface area contributed by atoms with Crippen LogP contribution in [0.4, 0.5) is 5.69 Å². The van der Waals surface area contributed by atoms with Crippen LogP contribution in [0.1, 0.15) is 29.8 Å². The number of hydrogen-bond donors (Lipinski definition) is 2. The SMILES string of the molecule is Cc1cc(C(=O)O)ccc1NCC(C)(C)S(C)(=O)=O. The average molecular weight is 285 g/mol. The maximum atomic E-state index is 11.6. The van der Waals surface area contributed by atoms with Crippen LogP contribution in [0.2, 0.25) is 0 Å². The molecule has 0 aliphatic heterocycles. The quantitative estimate of drug-likeness (QED) is 0.863. The molecular weight excluding hydrogens is 266 g/mol. The zero-order valence-electron chi connectivity index (χ0n) is 11.5. The Labute approximate surface area is 113 Å². The van der Waals surface area contributed by atoms with Crippen LogP contribution in [0, 0.1) is 6.92 Å². The molecule has 0 spiro atoms. The molecule has 106 valence electrons. The van der Waals surface area contributed by atoms with Crippen LogP contribution < -0.4 is 5.32 Å². The minimum absolute atomic E-state index is 0.213. The van der Waals surface area contributed by atoms with Crippen molar-refractivity contribution < 1.29 is 18.3 Å². The van der Waals surface area contributed by atoms with Crippen LogP contribution in [0.15, 0.2) is 18.2 Å². The van der Waals surface area contributed by atoms with Gasteiger partial charge in [0.05, 0.1) is 10.3 Å². The lowest BCUT2D eigenvalue weighted by Crippen LogP contribution is -2.38. The highest BCUT2D eigenvalue weighted by Gasteiger charge is 2.29. The largest absolute Gasteiger partial charge is 0.478 e. The van der Waals surface area contributed by atoms with Gasteiger partial charge in [0, 0.05) is 18.5 Å². The molecule has 1 rings (SSSR count). The summed E-state index contributed by atoms with van der Waals surface area (Å²) in [6, 6.07) is 4.69. The van der Waals surface area contributed by atoms with E-state index in [4.69, 9.17) is 5.11 Å². The number of aromatic carboxylic acids is 1. The van der Waals surface area contributed by atoms with Crippen LogP contribution >= 0.6 is 0 Å². The molecule has 2 N–H and O–H groups in total. The lowest BCUT2D eigenvalue weighted by molar-refractivity contribution is 0.0697. The molecule has 0 aromatic heterocycles. The Kier molecular flexibility index (Phi) is 4.25. The van der Waals surface area contributed by atoms with Crippen molar-refractivity contribution >= 4 is 21.5 Å². The number of nitrogens with one attached hydrogen (secondary N) is 1. The molecule has 0 bridgehead atoms. The molecule has 0 radical (unpaired) electrons. The number of carbonyl (C=O) groups is 1. The second-order valence-corrected chi connectivity index (χ2v) is 7.87. The molecule has 0 aliphatic carbocycles. The molecule has 1 aromatic rings. The smallest absolute Gasteiger partial charge is 0.335 e. The molecule has 0 fully saturated rings. The van der Waals surface area contributed by atoms with Gasteiger partial charge in [0.2, 0.25) is 0 Å². The van der Waals surface area contributed by atoms with E-state index >= 15 is 0 Å². The van der Waals surface area contributed by atoms with Crippen molar-refractivity contribution in [1.82, 2.24) is 0 Å². The Bertz CT molecular complexity index is 591. The molecule has 0 saturated carbocycles. The number of carboxylic acid groups (broad SMARTS) is 1. The molecule has 0 amide bonds. The highest BCUT2D eigenvalue weighted by atomic mass is 32.2. The van der Waals surface area contributed by atoms with Gasteiger partial charge in [0.1, 0.15) is 0 Å². The number of rotatable bonds is 5. The Hall–Kier alpha value is -1.56. The van der Waals surface area contributed by atoms with Crippen molar-refractivity contribution in [2.75, 3.05) is 18.1 Å². The van der Waals surface area contributed by atoms with Crippen molar-refractivity contribution in [3.8, 4) is 0 Å². The number of aryl methyl sites for hydroxylation is 1. The Morgan fingerprint density at radius 3 is 2.37 bits per heavy atom. The Morgan fingerprint density at radius 1 is 1.37 bits per heavy atom. The summed E-state index contributed by atoms with van der Waals surface area (Å²) in [4.78, 5) is 10.8. The zero-order chi connectivity index (χ0) is 14.8. The first-order chi connectivity index (χ1) is 8.54. The fourth-order valence-electron chi connectivity index (χ4n) is 1.43. The first-order valence-corrected chi connectivity index (χ1v) is 7.71. The lowest BCUT2D eigenvalue weighted by Gasteiger charge is -2.24. The third kappa shape index (κ3) is 3.70. The molecule has 6 heteroatoms. The molecule has 5 nitrogen and oxygen atoms in total. The molecule has 19 heavy (non-hydrogen) atoms. The summed E-state index contributed by atoms with van der Waals surface area (Å²) < 4.78 is 22.3. The van der Waals surface area contributed by atoms with Crippen LogP contribution in [0.3, 0.4) is 0 Å². The third-order valence-electron chi connectivity index (χ3n) is 3.18. The van der Waals surface area contributed by atoms with Gasteiger partial charge in [0.25, 0.3) is 0 Å². The zero-order valence-corrected chi connectivity index (χ0v) is 12.3. The predicted molar refractivity (Wildman–Crippen MR) is 75.6 cm³/mol. The number of sulfone groups is 1. The fourth-order valence-corrected chi connectivity index (χ4v) is 1.77. The van der Waals surface area contributed by atoms with Crippen LogP contribution in [0.5, 0.6) is 0 Å². The molecule has 1 aromatic carbocycles. The van der Waals surface area contributed by atoms with Crippen LogP contribution in [0.25, 0.3) is 0 Å². The Balaban J connectivity index is 2.88. The molecule has 0 saturated heterocycles. The van der Waals surface area contributed by atoms with Gasteiger partial charge in [-0.2, -0.15) is 0 Å². The van der Waals surface area contributed by atoms with E-state index in [0.29, 0.717) is 0 Å². The second-order valence-electron chi connectivity index (χ2n) is 5.22. The summed E-state index contributed by atoms with van der Waals surface area (Å²) in [7, 11) is -3.16. The summed E-state index contributed by atoms with van der Waals surface area (Å²) in [6.45, 7) is 5.34. The van der Waals surface area contributed by atoms with Crippen molar-refractivity contribution in [3.63, 3.8) is 0 Å². The lowest BCUT2D eigenvalue weighted by atomic mass is 10.1. The highest BCUT2D eigenvalue weighted by molar-refractivity contribution is 7.92. The van der Waals surface area contributed by atoms with E-state index in [1.54, 1.807) is 32.9 Å². The van der Waals surface area contributed by atoms with Gasteiger partial charge in [-0.15, -0.1) is 0 Å². The number of benzene rings is 1. The number of hydrogen-bond acceptors (Lipinski definition) is 4. The van der Waals surface area contributed by atoms with E-state index in [0.717, 1.165) is 11.3 Å². The van der Waals surface area contributed by atoms with E-state index in [1.165, 1.54) is 12.3 Å². The maximum Gasteiger partial charge on any atom is 0.335 e. The van der Waals surface area contributed by atoms with E-state index in [2.05, 4.69) is 5.32 Å². The van der Waals surface area contributed by atoms with Gasteiger partial charge in [-0.05, 0) is 44.5 Å². The van der Waals surface area contributed by atoms with Crippen LogP contribution in [-0.4, -0.2) is 37.0 Å². The highest BCUT2D eigenvalue weighted by Crippen LogP contribution is 2.20. The molecule has 0 heterocycles. The monoisotopic (exact) mass is 285 g/mol. The standard InChI is InChI=1S/C13H19NO4S/c1-9-7-10(12(15)16)5-6-11(9)14-8-13(2,3)19(4,17)18/h5-7,14H,8H2,1-4H3,(H,15,16). The van der Waals surface area contributed by atoms with E-state index in [-0.39, 0.29) is 12.1 Å². The van der Waals surface area contributed by atoms with Gasteiger partial charge < -0.3 is 10.4 Å².